The molecule has 0 aromatic carbocycles. The molecule has 0 aliphatic rings. The molecule has 0 radical (unpaired) electrons. The highest BCUT2D eigenvalue weighted by molar-refractivity contribution is 5.79. The lowest BCUT2D eigenvalue weighted by molar-refractivity contribution is -0.853. The number of carboxylic acid groups (broad SMARTS) is 9. The highest BCUT2D eigenvalue weighted by Crippen LogP contribution is 2.31. The number of carboxylic acids is 9. The lowest BCUT2D eigenvalue weighted by Crippen LogP contribution is -2.56. The number of nitrogens with two attached hydrogens (primary N) is 1. The maximum absolute atomic E-state index is 14.1. The Bertz CT molecular complexity index is 1500. The molecule has 13 N–H and O–H groups in total. The van der Waals surface area contributed by atoms with Crippen molar-refractivity contribution in [2.24, 2.45) is 5.73 Å². The van der Waals surface area contributed by atoms with E-state index in [1.54, 1.807) is 0 Å². The number of hydrogen-bond donors (Lipinski definition) is 12. The van der Waals surface area contributed by atoms with Gasteiger partial charge in [-0.1, -0.05) is 0 Å². The van der Waals surface area contributed by atoms with Crippen LogP contribution in [0.4, 0.5) is 0 Å². The first kappa shape index (κ1) is 57.8. The Morgan fingerprint density at radius 2 is 0.547 bits per heavy atom. The van der Waals surface area contributed by atoms with Gasteiger partial charge in [-0.2, -0.15) is 0 Å². The predicted molar refractivity (Wildman–Crippen MR) is 214 cm³/mol. The van der Waals surface area contributed by atoms with Crippen molar-refractivity contribution in [2.75, 3.05) is 19.6 Å². The van der Waals surface area contributed by atoms with Crippen LogP contribution >= 0.6 is 0 Å². The van der Waals surface area contributed by atoms with Crippen molar-refractivity contribution < 1.29 is 108 Å². The molecule has 25 heteroatoms. The third-order valence-corrected chi connectivity index (χ3v) is 11.0. The van der Waals surface area contributed by atoms with Gasteiger partial charge in [0.1, 0.15) is 0 Å². The number of hydrogen-bond acceptors (Lipinski definition) is 13. The van der Waals surface area contributed by atoms with Crippen LogP contribution in [-0.2, 0) is 57.5 Å². The largest absolute Gasteiger partial charge is 0.481 e. The summed E-state index contributed by atoms with van der Waals surface area (Å²) in [5, 5.41) is 89.6. The number of nitrogens with one attached hydrogen (secondary N) is 2. The summed E-state index contributed by atoms with van der Waals surface area (Å²) < 4.78 is -0.916. The van der Waals surface area contributed by atoms with Gasteiger partial charge in [-0.25, -0.2) is 4.79 Å². The van der Waals surface area contributed by atoms with Gasteiger partial charge < -0.3 is 62.3 Å². The Balaban J connectivity index is 7.08. The van der Waals surface area contributed by atoms with E-state index in [-0.39, 0.29) is 38.5 Å². The van der Waals surface area contributed by atoms with E-state index in [0.717, 1.165) is 0 Å². The van der Waals surface area contributed by atoms with E-state index >= 15 is 0 Å². The first-order chi connectivity index (χ1) is 29.6. The molecule has 0 rings (SSSR count). The molecule has 0 bridgehead atoms. The van der Waals surface area contributed by atoms with Gasteiger partial charge in [-0.05, 0) is 57.8 Å². The normalized spacial score (nSPS) is 11.8. The summed E-state index contributed by atoms with van der Waals surface area (Å²) in [6, 6.07) is 0. The molecule has 0 aromatic heterocycles. The molecular formula is C39H61N4O21+. The van der Waals surface area contributed by atoms with Crippen molar-refractivity contribution in [2.45, 2.75) is 151 Å². The molecule has 0 saturated carbocycles. The fourth-order valence-corrected chi connectivity index (χ4v) is 7.25. The van der Waals surface area contributed by atoms with Crippen LogP contribution in [0.1, 0.15) is 135 Å². The van der Waals surface area contributed by atoms with Gasteiger partial charge in [0, 0.05) is 68.0 Å². The molecule has 0 unspecified atom stereocenters. The molecule has 0 atom stereocenters. The molecule has 3 amide bonds. The lowest BCUT2D eigenvalue weighted by atomic mass is 9.81. The minimum atomic E-state index is -1.75. The summed E-state index contributed by atoms with van der Waals surface area (Å²) in [6.07, 6.45) is -10.9. The Morgan fingerprint density at radius 3 is 0.766 bits per heavy atom. The predicted octanol–water partition coefficient (Wildman–Crippen LogP) is 0.691. The second kappa shape index (κ2) is 27.7. The van der Waals surface area contributed by atoms with Crippen LogP contribution in [0.5, 0.6) is 0 Å². The number of rotatable bonds is 38. The maximum atomic E-state index is 14.1. The van der Waals surface area contributed by atoms with Gasteiger partial charge in [0.05, 0.1) is 45.3 Å². The van der Waals surface area contributed by atoms with Crippen molar-refractivity contribution >= 4 is 71.4 Å². The lowest BCUT2D eigenvalue weighted by Gasteiger charge is -2.37. The number of quaternary nitrogens is 1. The van der Waals surface area contributed by atoms with Crippen LogP contribution in [0, 0.1) is 0 Å². The van der Waals surface area contributed by atoms with Crippen LogP contribution in [0.3, 0.4) is 0 Å². The molecule has 0 heterocycles. The molecule has 362 valence electrons. The molecule has 0 aliphatic carbocycles. The van der Waals surface area contributed by atoms with Crippen molar-refractivity contribution in [3.8, 4) is 0 Å². The fraction of sp³-hybridized carbons (Fsp3) is 0.692. The maximum Gasteiger partial charge on any atom is 0.313 e. The van der Waals surface area contributed by atoms with Crippen LogP contribution in [-0.4, -0.2) is 158 Å². The Morgan fingerprint density at radius 1 is 0.328 bits per heavy atom. The standard InChI is InChI=1S/C39H60N4O21/c40-37(15-3-27(46)43(22-10-34(59)60,23-11-35(61)62)24-12-36(63)64,13-1-25(44)41-38(16-4-28(47)48,17-5-29(49)50)18-6-30(51)52)14-2-26(45)42-39(19-7-31(53)54,20-8-32(55)56)21-9-33(57)58/h1-24,40H2,(H10-,41,42,44,45,47,48,49,50,51,52,53,54,55,56,57,58,59,60,61,62,63,64)/p+1. The zero-order chi connectivity index (χ0) is 49.3. The number of carbonyl (C=O) groups excluding carboxylic acids is 3. The molecule has 0 fully saturated rings. The van der Waals surface area contributed by atoms with Crippen LogP contribution < -0.4 is 16.4 Å². The number of amides is 3. The minimum absolute atomic E-state index is 0.381. The summed E-state index contributed by atoms with van der Waals surface area (Å²) in [4.78, 5) is 145. The molecule has 64 heavy (non-hydrogen) atoms. The van der Waals surface area contributed by atoms with Gasteiger partial charge in [-0.3, -0.25) is 57.2 Å². The summed E-state index contributed by atoms with van der Waals surface area (Å²) >= 11 is 0. The molecule has 25 nitrogen and oxygen atoms in total. The average Bonchev–Trinajstić information content (AvgIpc) is 3.19. The Kier molecular flexibility index (Phi) is 25.0. The highest BCUT2D eigenvalue weighted by Gasteiger charge is 2.41. The monoisotopic (exact) mass is 921 g/mol. The van der Waals surface area contributed by atoms with E-state index in [1.165, 1.54) is 0 Å². The summed E-state index contributed by atoms with van der Waals surface area (Å²) in [6.45, 7) is -1.56. The quantitative estimate of drug-likeness (QED) is 0.0379. The smallest absolute Gasteiger partial charge is 0.313 e. The summed E-state index contributed by atoms with van der Waals surface area (Å²) in [5.74, 6) is -14.8. The van der Waals surface area contributed by atoms with Gasteiger partial charge in [0.25, 0.3) is 0 Å². The first-order valence-corrected chi connectivity index (χ1v) is 20.3. The number of nitrogens with zero attached hydrogens (tertiary/aromatic N) is 1. The Labute approximate surface area is 366 Å². The molecule has 0 aromatic rings. The molecule has 0 aliphatic heterocycles. The third kappa shape index (κ3) is 25.0. The molecule has 0 spiro atoms. The van der Waals surface area contributed by atoms with E-state index in [0.29, 0.717) is 0 Å². The molecule has 0 saturated heterocycles. The average molecular weight is 922 g/mol. The number of carbonyl (C=O) groups is 12. The van der Waals surface area contributed by atoms with E-state index in [1.807, 2.05) is 0 Å². The van der Waals surface area contributed by atoms with Crippen molar-refractivity contribution in [3.05, 3.63) is 0 Å². The second-order valence-electron chi connectivity index (χ2n) is 16.0. The van der Waals surface area contributed by atoms with E-state index < -0.39 is 208 Å². The van der Waals surface area contributed by atoms with Gasteiger partial charge in [-0.15, -0.1) is 0 Å². The summed E-state index contributed by atoms with van der Waals surface area (Å²) in [7, 11) is 0. The van der Waals surface area contributed by atoms with Crippen LogP contribution in [0.2, 0.25) is 0 Å². The zero-order valence-electron chi connectivity index (χ0n) is 35.4. The minimum Gasteiger partial charge on any atom is -0.481 e. The van der Waals surface area contributed by atoms with Crippen molar-refractivity contribution in [1.29, 1.82) is 0 Å². The SMILES string of the molecule is NC(CCC(=O)NC(CCC(=O)O)(CCC(=O)O)CCC(=O)O)(CCC(=O)NC(CCC(=O)O)(CCC(=O)O)CCC(=O)O)CCC(=O)[N+](CCC(=O)O)(CCC(=O)O)CCC(=O)O. The highest BCUT2D eigenvalue weighted by atomic mass is 16.4. The summed E-state index contributed by atoms with van der Waals surface area (Å²) in [5.41, 5.74) is 1.75. The van der Waals surface area contributed by atoms with Crippen LogP contribution in [0.15, 0.2) is 0 Å². The van der Waals surface area contributed by atoms with Crippen LogP contribution in [0.25, 0.3) is 0 Å². The topological polar surface area (TPSA) is 437 Å². The van der Waals surface area contributed by atoms with E-state index in [2.05, 4.69) is 10.6 Å². The number of aliphatic carboxylic acids is 9. The first-order valence-electron chi connectivity index (χ1n) is 20.3. The third-order valence-electron chi connectivity index (χ3n) is 11.0. The fourth-order valence-electron chi connectivity index (χ4n) is 7.25. The van der Waals surface area contributed by atoms with Gasteiger partial charge in [0.15, 0.2) is 0 Å². The molecular weight excluding hydrogens is 860 g/mol. The zero-order valence-corrected chi connectivity index (χ0v) is 35.4. The van der Waals surface area contributed by atoms with E-state index in [4.69, 9.17) is 5.73 Å². The van der Waals surface area contributed by atoms with E-state index in [9.17, 15) is 103 Å². The van der Waals surface area contributed by atoms with Crippen molar-refractivity contribution in [1.82, 2.24) is 10.6 Å². The second-order valence-corrected chi connectivity index (χ2v) is 16.0. The van der Waals surface area contributed by atoms with Gasteiger partial charge in [0.2, 0.25) is 11.8 Å². The van der Waals surface area contributed by atoms with Gasteiger partial charge >= 0.3 is 59.6 Å². The van der Waals surface area contributed by atoms with Crippen molar-refractivity contribution in [3.63, 3.8) is 0 Å². The Hall–Kier alpha value is -6.24.